The molecule has 1 aliphatic heterocycles. The number of carbonyl (C=O) groups excluding carboxylic acids is 1. The summed E-state index contributed by atoms with van der Waals surface area (Å²) in [6, 6.07) is 8.68. The van der Waals surface area contributed by atoms with Gasteiger partial charge in [0.05, 0.1) is 0 Å². The van der Waals surface area contributed by atoms with Crippen LogP contribution < -0.4 is 4.90 Å². The number of benzene rings is 1. The Morgan fingerprint density at radius 1 is 1.21 bits per heavy atom. The number of likely N-dealkylation sites (tertiary alicyclic amines) is 1. The van der Waals surface area contributed by atoms with Gasteiger partial charge in [0.15, 0.2) is 0 Å². The van der Waals surface area contributed by atoms with Gasteiger partial charge in [-0.1, -0.05) is 17.7 Å². The SMILES string of the molecule is Cc1ccc(N(C)CCC2CCN(C(=O)OC(C)(C)C)CC2)cc1. The van der Waals surface area contributed by atoms with Crippen LogP contribution >= 0.6 is 0 Å². The van der Waals surface area contributed by atoms with E-state index in [0.717, 1.165) is 32.5 Å². The summed E-state index contributed by atoms with van der Waals surface area (Å²) in [6.45, 7) is 10.5. The van der Waals surface area contributed by atoms with Crippen molar-refractivity contribution in [2.45, 2.75) is 52.6 Å². The summed E-state index contributed by atoms with van der Waals surface area (Å²) in [5.41, 5.74) is 2.15. The molecule has 1 fully saturated rings. The second-order valence-corrected chi connectivity index (χ2v) is 7.96. The Morgan fingerprint density at radius 2 is 1.79 bits per heavy atom. The molecule has 1 aromatic carbocycles. The van der Waals surface area contributed by atoms with Gasteiger partial charge in [0.25, 0.3) is 0 Å². The second kappa shape index (κ2) is 7.91. The van der Waals surface area contributed by atoms with Crippen molar-refractivity contribution < 1.29 is 9.53 Å². The van der Waals surface area contributed by atoms with Gasteiger partial charge in [0.2, 0.25) is 0 Å². The summed E-state index contributed by atoms with van der Waals surface area (Å²) < 4.78 is 5.46. The molecule has 0 unspecified atom stereocenters. The quantitative estimate of drug-likeness (QED) is 0.815. The molecule has 0 N–H and O–H groups in total. The Hall–Kier alpha value is -1.71. The zero-order valence-electron chi connectivity index (χ0n) is 15.8. The van der Waals surface area contributed by atoms with Gasteiger partial charge in [-0.2, -0.15) is 0 Å². The highest BCUT2D eigenvalue weighted by Crippen LogP contribution is 2.23. The number of piperidine rings is 1. The van der Waals surface area contributed by atoms with Gasteiger partial charge in [0, 0.05) is 32.4 Å². The molecule has 0 spiro atoms. The number of rotatable bonds is 4. The molecule has 0 saturated carbocycles. The van der Waals surface area contributed by atoms with E-state index in [1.54, 1.807) is 0 Å². The molecular formula is C20H32N2O2. The predicted octanol–water partition coefficient (Wildman–Crippen LogP) is 4.47. The summed E-state index contributed by atoms with van der Waals surface area (Å²) in [6.07, 6.45) is 3.15. The number of hydrogen-bond acceptors (Lipinski definition) is 3. The van der Waals surface area contributed by atoms with E-state index in [9.17, 15) is 4.79 Å². The summed E-state index contributed by atoms with van der Waals surface area (Å²) in [4.78, 5) is 16.3. The second-order valence-electron chi connectivity index (χ2n) is 7.96. The van der Waals surface area contributed by atoms with Crippen molar-refractivity contribution >= 4 is 11.8 Å². The minimum absolute atomic E-state index is 0.169. The molecule has 1 aliphatic rings. The number of aryl methyl sites for hydroxylation is 1. The van der Waals surface area contributed by atoms with Crippen molar-refractivity contribution in [3.05, 3.63) is 29.8 Å². The minimum atomic E-state index is -0.412. The molecule has 4 heteroatoms. The Bertz CT molecular complexity index is 526. The lowest BCUT2D eigenvalue weighted by molar-refractivity contribution is 0.0182. The Balaban J connectivity index is 1.73. The molecular weight excluding hydrogens is 300 g/mol. The first-order chi connectivity index (χ1) is 11.2. The van der Waals surface area contributed by atoms with Gasteiger partial charge in [0.1, 0.15) is 5.60 Å². The lowest BCUT2D eigenvalue weighted by Crippen LogP contribution is -2.42. The molecule has 1 amide bonds. The van der Waals surface area contributed by atoms with Crippen LogP contribution in [0.2, 0.25) is 0 Å². The molecule has 0 radical (unpaired) electrons. The van der Waals surface area contributed by atoms with Gasteiger partial charge in [-0.15, -0.1) is 0 Å². The first-order valence-corrected chi connectivity index (χ1v) is 9.00. The molecule has 1 heterocycles. The highest BCUT2D eigenvalue weighted by atomic mass is 16.6. The van der Waals surface area contributed by atoms with Crippen LogP contribution in [0.1, 0.15) is 45.6 Å². The molecule has 1 saturated heterocycles. The Labute approximate surface area is 146 Å². The first kappa shape index (κ1) is 18.6. The maximum atomic E-state index is 12.1. The molecule has 2 rings (SSSR count). The normalized spacial score (nSPS) is 16.1. The zero-order valence-corrected chi connectivity index (χ0v) is 15.8. The average Bonchev–Trinajstić information content (AvgIpc) is 2.52. The van der Waals surface area contributed by atoms with Crippen molar-refractivity contribution in [2.75, 3.05) is 31.6 Å². The van der Waals surface area contributed by atoms with Crippen LogP contribution in [0.5, 0.6) is 0 Å². The smallest absolute Gasteiger partial charge is 0.410 e. The third-order valence-corrected chi connectivity index (χ3v) is 4.61. The average molecular weight is 332 g/mol. The lowest BCUT2D eigenvalue weighted by atomic mass is 9.93. The fraction of sp³-hybridized carbons (Fsp3) is 0.650. The van der Waals surface area contributed by atoms with Crippen LogP contribution in [0, 0.1) is 12.8 Å². The van der Waals surface area contributed by atoms with Gasteiger partial charge in [-0.25, -0.2) is 4.79 Å². The van der Waals surface area contributed by atoms with Crippen LogP contribution in [0.25, 0.3) is 0 Å². The van der Waals surface area contributed by atoms with E-state index >= 15 is 0 Å². The van der Waals surface area contributed by atoms with E-state index in [1.807, 2.05) is 25.7 Å². The number of nitrogens with zero attached hydrogens (tertiary/aromatic N) is 2. The third-order valence-electron chi connectivity index (χ3n) is 4.61. The van der Waals surface area contributed by atoms with Crippen LogP contribution in [0.4, 0.5) is 10.5 Å². The van der Waals surface area contributed by atoms with Gasteiger partial charge in [-0.3, -0.25) is 0 Å². The number of amides is 1. The molecule has 1 aromatic rings. The number of ether oxygens (including phenoxy) is 1. The standard InChI is InChI=1S/C20H32N2O2/c1-16-6-8-18(9-7-16)21(5)13-10-17-11-14-22(15-12-17)19(23)24-20(2,3)4/h6-9,17H,10-15H2,1-5H3. The molecule has 134 valence electrons. The predicted molar refractivity (Wildman–Crippen MR) is 99.6 cm³/mol. The Morgan fingerprint density at radius 3 is 2.33 bits per heavy atom. The third kappa shape index (κ3) is 5.73. The van der Waals surface area contributed by atoms with Gasteiger partial charge >= 0.3 is 6.09 Å². The molecule has 0 aliphatic carbocycles. The number of anilines is 1. The van der Waals surface area contributed by atoms with Crippen LogP contribution in [-0.2, 0) is 4.74 Å². The van der Waals surface area contributed by atoms with Crippen LogP contribution in [-0.4, -0.2) is 43.3 Å². The highest BCUT2D eigenvalue weighted by molar-refractivity contribution is 5.68. The molecule has 0 atom stereocenters. The first-order valence-electron chi connectivity index (χ1n) is 9.00. The number of carbonyl (C=O) groups is 1. The fourth-order valence-corrected chi connectivity index (χ4v) is 3.04. The summed E-state index contributed by atoms with van der Waals surface area (Å²) in [5.74, 6) is 0.691. The van der Waals surface area contributed by atoms with Gasteiger partial charge in [-0.05, 0) is 65.0 Å². The van der Waals surface area contributed by atoms with E-state index in [0.29, 0.717) is 5.92 Å². The van der Waals surface area contributed by atoms with E-state index in [2.05, 4.69) is 43.1 Å². The lowest BCUT2D eigenvalue weighted by Gasteiger charge is -2.34. The molecule has 4 nitrogen and oxygen atoms in total. The molecule has 0 bridgehead atoms. The monoisotopic (exact) mass is 332 g/mol. The number of hydrogen-bond donors (Lipinski definition) is 0. The Kier molecular flexibility index (Phi) is 6.14. The highest BCUT2D eigenvalue weighted by Gasteiger charge is 2.26. The van der Waals surface area contributed by atoms with Crippen molar-refractivity contribution in [2.24, 2.45) is 5.92 Å². The molecule has 24 heavy (non-hydrogen) atoms. The van der Waals surface area contributed by atoms with E-state index < -0.39 is 5.60 Å². The van der Waals surface area contributed by atoms with Crippen molar-refractivity contribution in [1.82, 2.24) is 4.90 Å². The van der Waals surface area contributed by atoms with E-state index in [1.165, 1.54) is 17.7 Å². The van der Waals surface area contributed by atoms with Crippen molar-refractivity contribution in [1.29, 1.82) is 0 Å². The maximum Gasteiger partial charge on any atom is 0.410 e. The summed E-state index contributed by atoms with van der Waals surface area (Å²) in [5, 5.41) is 0. The zero-order chi connectivity index (χ0) is 17.7. The van der Waals surface area contributed by atoms with Gasteiger partial charge < -0.3 is 14.5 Å². The van der Waals surface area contributed by atoms with Crippen molar-refractivity contribution in [3.8, 4) is 0 Å². The van der Waals surface area contributed by atoms with Crippen LogP contribution in [0.15, 0.2) is 24.3 Å². The largest absolute Gasteiger partial charge is 0.444 e. The van der Waals surface area contributed by atoms with Crippen molar-refractivity contribution in [3.63, 3.8) is 0 Å². The summed E-state index contributed by atoms with van der Waals surface area (Å²) in [7, 11) is 2.15. The topological polar surface area (TPSA) is 32.8 Å². The maximum absolute atomic E-state index is 12.1. The minimum Gasteiger partial charge on any atom is -0.444 e. The fourth-order valence-electron chi connectivity index (χ4n) is 3.04. The van der Waals surface area contributed by atoms with E-state index in [4.69, 9.17) is 4.74 Å². The molecule has 0 aromatic heterocycles. The van der Waals surface area contributed by atoms with Crippen LogP contribution in [0.3, 0.4) is 0 Å². The summed E-state index contributed by atoms with van der Waals surface area (Å²) >= 11 is 0. The van der Waals surface area contributed by atoms with E-state index in [-0.39, 0.29) is 6.09 Å².